The van der Waals surface area contributed by atoms with Gasteiger partial charge in [0.1, 0.15) is 4.88 Å². The van der Waals surface area contributed by atoms with E-state index in [4.69, 9.17) is 28.2 Å². The van der Waals surface area contributed by atoms with E-state index in [0.29, 0.717) is 20.1 Å². The summed E-state index contributed by atoms with van der Waals surface area (Å²) >= 11 is 15.8. The number of halogens is 2. The number of aromatic nitrogens is 2. The van der Waals surface area contributed by atoms with Crippen LogP contribution in [0, 0.1) is 6.92 Å². The van der Waals surface area contributed by atoms with Crippen molar-refractivity contribution in [3.8, 4) is 0 Å². The van der Waals surface area contributed by atoms with Crippen LogP contribution in [0.15, 0.2) is 60.8 Å². The molecule has 0 saturated carbocycles. The number of pyridine rings is 1. The first-order valence-electron chi connectivity index (χ1n) is 9.47. The number of carbonyl (C=O) groups is 1. The largest absolute Gasteiger partial charge is 0.277 e. The van der Waals surface area contributed by atoms with Crippen LogP contribution in [-0.4, -0.2) is 15.9 Å². The molecule has 5 rings (SSSR count). The highest BCUT2D eigenvalue weighted by atomic mass is 35.5. The lowest BCUT2D eigenvalue weighted by molar-refractivity contribution is 0.0989. The van der Waals surface area contributed by atoms with Gasteiger partial charge in [-0.25, -0.2) is 4.98 Å². The van der Waals surface area contributed by atoms with Gasteiger partial charge < -0.3 is 0 Å². The normalized spacial score (nSPS) is 11.3. The van der Waals surface area contributed by atoms with Gasteiger partial charge in [0, 0.05) is 16.3 Å². The van der Waals surface area contributed by atoms with Crippen LogP contribution in [0.25, 0.3) is 20.3 Å². The Kier molecular flexibility index (Phi) is 5.40. The van der Waals surface area contributed by atoms with Crippen molar-refractivity contribution in [2.45, 2.75) is 13.5 Å². The Labute approximate surface area is 196 Å². The molecule has 3 heterocycles. The molecular weight excluding hydrogens is 469 g/mol. The summed E-state index contributed by atoms with van der Waals surface area (Å²) in [5.41, 5.74) is 2.57. The van der Waals surface area contributed by atoms with E-state index in [-0.39, 0.29) is 12.5 Å². The number of hydrogen-bond acceptors (Lipinski definition) is 5. The molecule has 2 aromatic carbocycles. The monoisotopic (exact) mass is 483 g/mol. The van der Waals surface area contributed by atoms with Crippen molar-refractivity contribution in [3.63, 3.8) is 0 Å². The van der Waals surface area contributed by atoms with Crippen molar-refractivity contribution in [2.24, 2.45) is 0 Å². The van der Waals surface area contributed by atoms with Crippen LogP contribution in [0.2, 0.25) is 10.0 Å². The average molecular weight is 484 g/mol. The summed E-state index contributed by atoms with van der Waals surface area (Å²) in [7, 11) is 0. The molecule has 31 heavy (non-hydrogen) atoms. The third-order valence-electron chi connectivity index (χ3n) is 4.94. The second kappa shape index (κ2) is 8.20. The number of thiophene rings is 1. The summed E-state index contributed by atoms with van der Waals surface area (Å²) in [4.78, 5) is 25.0. The summed E-state index contributed by atoms with van der Waals surface area (Å²) < 4.78 is 1.83. The quantitative estimate of drug-likeness (QED) is 0.268. The SMILES string of the molecule is Cc1ccc(Cl)c2sc(N(Cc3ccccn3)C(=O)c3sc4ccccc4c3Cl)nc12. The molecule has 0 N–H and O–H groups in total. The number of carbonyl (C=O) groups excluding carboxylic acids is 1. The summed E-state index contributed by atoms with van der Waals surface area (Å²) in [6.07, 6.45) is 1.71. The fraction of sp³-hybridized carbons (Fsp3) is 0.0870. The van der Waals surface area contributed by atoms with Crippen LogP contribution in [-0.2, 0) is 6.54 Å². The van der Waals surface area contributed by atoms with Gasteiger partial charge in [-0.05, 0) is 36.8 Å². The van der Waals surface area contributed by atoms with Crippen LogP contribution in [0.5, 0.6) is 0 Å². The summed E-state index contributed by atoms with van der Waals surface area (Å²) in [5.74, 6) is -0.204. The standard InChI is InChI=1S/C23H15Cl2N3OS2/c1-13-9-10-16(24)20-19(13)27-23(31-20)28(12-14-6-4-5-11-26-14)22(29)21-18(25)15-7-2-3-8-17(15)30-21/h2-11H,12H2,1H3. The smallest absolute Gasteiger partial charge is 0.272 e. The molecule has 0 unspecified atom stereocenters. The maximum atomic E-state index is 13.7. The molecule has 0 aliphatic rings. The predicted octanol–water partition coefficient (Wildman–Crippen LogP) is 7.37. The van der Waals surface area contributed by atoms with Crippen molar-refractivity contribution < 1.29 is 4.79 Å². The Bertz CT molecular complexity index is 1390. The molecule has 0 aliphatic carbocycles. The van der Waals surface area contributed by atoms with Crippen LogP contribution in [0.1, 0.15) is 20.9 Å². The van der Waals surface area contributed by atoms with E-state index in [1.54, 1.807) is 11.1 Å². The lowest BCUT2D eigenvalue weighted by Gasteiger charge is -2.19. The van der Waals surface area contributed by atoms with E-state index in [1.165, 1.54) is 22.7 Å². The molecule has 4 nitrogen and oxygen atoms in total. The molecule has 0 saturated heterocycles. The highest BCUT2D eigenvalue weighted by Crippen LogP contribution is 2.40. The minimum atomic E-state index is -0.204. The Morgan fingerprint density at radius 2 is 1.84 bits per heavy atom. The Hall–Kier alpha value is -2.51. The van der Waals surface area contributed by atoms with E-state index in [9.17, 15) is 4.79 Å². The average Bonchev–Trinajstić information content (AvgIpc) is 3.38. The van der Waals surface area contributed by atoms with Gasteiger partial charge in [-0.3, -0.25) is 14.7 Å². The predicted molar refractivity (Wildman–Crippen MR) is 131 cm³/mol. The first-order valence-corrected chi connectivity index (χ1v) is 11.9. The van der Waals surface area contributed by atoms with Gasteiger partial charge in [-0.15, -0.1) is 11.3 Å². The zero-order valence-electron chi connectivity index (χ0n) is 16.3. The van der Waals surface area contributed by atoms with Gasteiger partial charge >= 0.3 is 0 Å². The molecule has 0 fully saturated rings. The molecule has 0 spiro atoms. The lowest BCUT2D eigenvalue weighted by Crippen LogP contribution is -2.30. The number of nitrogens with zero attached hydrogens (tertiary/aromatic N) is 3. The summed E-state index contributed by atoms with van der Waals surface area (Å²) in [5, 5.41) is 2.52. The molecule has 154 valence electrons. The molecular formula is C23H15Cl2N3OS2. The lowest BCUT2D eigenvalue weighted by atomic mass is 10.2. The van der Waals surface area contributed by atoms with E-state index < -0.39 is 0 Å². The zero-order valence-corrected chi connectivity index (χ0v) is 19.4. The molecule has 0 aliphatic heterocycles. The molecule has 0 atom stereocenters. The number of amides is 1. The minimum absolute atomic E-state index is 0.204. The van der Waals surface area contributed by atoms with Gasteiger partial charge in [0.05, 0.1) is 32.5 Å². The number of fused-ring (bicyclic) bond motifs is 2. The number of rotatable bonds is 4. The maximum absolute atomic E-state index is 13.7. The molecule has 1 amide bonds. The van der Waals surface area contributed by atoms with Crippen molar-refractivity contribution >= 4 is 77.2 Å². The summed E-state index contributed by atoms with van der Waals surface area (Å²) in [6, 6.07) is 17.2. The van der Waals surface area contributed by atoms with Crippen molar-refractivity contribution in [2.75, 3.05) is 4.90 Å². The van der Waals surface area contributed by atoms with Crippen molar-refractivity contribution in [3.05, 3.63) is 87.0 Å². The van der Waals surface area contributed by atoms with E-state index in [1.807, 2.05) is 61.5 Å². The molecule has 8 heteroatoms. The van der Waals surface area contributed by atoms with Crippen molar-refractivity contribution in [1.82, 2.24) is 9.97 Å². The van der Waals surface area contributed by atoms with Crippen LogP contribution in [0.3, 0.4) is 0 Å². The zero-order chi connectivity index (χ0) is 21.5. The Balaban J connectivity index is 1.65. The molecule has 5 aromatic rings. The van der Waals surface area contributed by atoms with E-state index in [0.717, 1.165) is 31.6 Å². The van der Waals surface area contributed by atoms with Crippen LogP contribution >= 0.6 is 45.9 Å². The molecule has 3 aromatic heterocycles. The fourth-order valence-corrected chi connectivity index (χ4v) is 6.14. The van der Waals surface area contributed by atoms with E-state index in [2.05, 4.69) is 4.98 Å². The van der Waals surface area contributed by atoms with Gasteiger partial charge in [0.25, 0.3) is 5.91 Å². The van der Waals surface area contributed by atoms with Crippen LogP contribution in [0.4, 0.5) is 5.13 Å². The first kappa shape index (κ1) is 20.4. The number of benzene rings is 2. The van der Waals surface area contributed by atoms with E-state index >= 15 is 0 Å². The number of aryl methyl sites for hydroxylation is 1. The van der Waals surface area contributed by atoms with Gasteiger partial charge in [-0.1, -0.05) is 64.9 Å². The Morgan fingerprint density at radius 3 is 2.58 bits per heavy atom. The van der Waals surface area contributed by atoms with Crippen molar-refractivity contribution in [1.29, 1.82) is 0 Å². The molecule has 0 bridgehead atoms. The second-order valence-electron chi connectivity index (χ2n) is 6.99. The number of hydrogen-bond donors (Lipinski definition) is 0. The van der Waals surface area contributed by atoms with Gasteiger partial charge in [-0.2, -0.15) is 0 Å². The maximum Gasteiger partial charge on any atom is 0.272 e. The fourth-order valence-electron chi connectivity index (χ4n) is 3.36. The topological polar surface area (TPSA) is 46.1 Å². The third kappa shape index (κ3) is 3.70. The molecule has 0 radical (unpaired) electrons. The van der Waals surface area contributed by atoms with Gasteiger partial charge in [0.2, 0.25) is 0 Å². The highest BCUT2D eigenvalue weighted by Gasteiger charge is 2.27. The highest BCUT2D eigenvalue weighted by molar-refractivity contribution is 7.23. The van der Waals surface area contributed by atoms with Gasteiger partial charge in [0.15, 0.2) is 5.13 Å². The number of thiazole rings is 1. The third-order valence-corrected chi connectivity index (χ3v) is 8.14. The number of anilines is 1. The Morgan fingerprint density at radius 1 is 1.03 bits per heavy atom. The van der Waals surface area contributed by atoms with Crippen LogP contribution < -0.4 is 4.90 Å². The summed E-state index contributed by atoms with van der Waals surface area (Å²) in [6.45, 7) is 2.26. The second-order valence-corrected chi connectivity index (χ2v) is 9.81. The minimum Gasteiger partial charge on any atom is -0.277 e. The first-order chi connectivity index (χ1) is 15.0.